The Hall–Kier alpha value is -1.87. The zero-order valence-corrected chi connectivity index (χ0v) is 14.3. The van der Waals surface area contributed by atoms with Gasteiger partial charge in [-0.15, -0.1) is 0 Å². The van der Waals surface area contributed by atoms with Crippen molar-refractivity contribution in [2.45, 2.75) is 51.0 Å². The number of nitrogens with one attached hydrogen (secondary N) is 1. The molecule has 2 aromatic rings. The Balaban J connectivity index is 1.40. The maximum Gasteiger partial charge on any atom is 0.118 e. The average molecular weight is 322 g/mol. The first-order valence-corrected chi connectivity index (χ1v) is 9.35. The minimum atomic E-state index is 0.604. The zero-order valence-electron chi connectivity index (χ0n) is 14.3. The molecule has 0 radical (unpaired) electrons. The fourth-order valence-electron chi connectivity index (χ4n) is 4.01. The molecule has 0 bridgehead atoms. The summed E-state index contributed by atoms with van der Waals surface area (Å²) < 4.78 is 0. The van der Waals surface area contributed by atoms with Crippen molar-refractivity contribution >= 4 is 16.5 Å². The highest BCUT2D eigenvalue weighted by atomic mass is 16.6. The number of aryl methyl sites for hydroxylation is 1. The maximum absolute atomic E-state index is 5.68. The molecule has 4 rings (SSSR count). The highest BCUT2D eigenvalue weighted by Crippen LogP contribution is 2.30. The Morgan fingerprint density at radius 3 is 3.00 bits per heavy atom. The van der Waals surface area contributed by atoms with Gasteiger partial charge in [-0.3, -0.25) is 0 Å². The highest BCUT2D eigenvalue weighted by Gasteiger charge is 2.20. The normalized spacial score (nSPS) is 22.5. The second kappa shape index (κ2) is 7.35. The number of rotatable bonds is 4. The molecule has 1 unspecified atom stereocenters. The van der Waals surface area contributed by atoms with Crippen molar-refractivity contribution in [3.05, 3.63) is 47.5 Å². The first-order chi connectivity index (χ1) is 11.9. The summed E-state index contributed by atoms with van der Waals surface area (Å²) in [6.45, 7) is 1.86. The van der Waals surface area contributed by atoms with E-state index in [0.717, 1.165) is 31.5 Å². The number of fused-ring (bicyclic) bond motifs is 3. The van der Waals surface area contributed by atoms with Gasteiger partial charge in [-0.2, -0.15) is 0 Å². The summed E-state index contributed by atoms with van der Waals surface area (Å²) in [5, 5.41) is 10.8. The van der Waals surface area contributed by atoms with Crippen LogP contribution in [0.15, 0.2) is 41.6 Å². The SMILES string of the molecule is c1ccc2c3c(ccc2c1)C(=NOCCC1CCCCCN1)CC3. The molecule has 1 aliphatic carbocycles. The van der Waals surface area contributed by atoms with Gasteiger partial charge in [0, 0.05) is 11.6 Å². The number of oxime groups is 1. The molecular formula is C21H26N2O. The van der Waals surface area contributed by atoms with Crippen LogP contribution in [0.4, 0.5) is 0 Å². The van der Waals surface area contributed by atoms with E-state index in [1.54, 1.807) is 0 Å². The second-order valence-corrected chi connectivity index (χ2v) is 6.97. The van der Waals surface area contributed by atoms with Crippen LogP contribution in [0.2, 0.25) is 0 Å². The average Bonchev–Trinajstić information content (AvgIpc) is 2.86. The van der Waals surface area contributed by atoms with Crippen molar-refractivity contribution in [3.8, 4) is 0 Å². The van der Waals surface area contributed by atoms with Gasteiger partial charge in [-0.25, -0.2) is 0 Å². The van der Waals surface area contributed by atoms with Crippen LogP contribution in [0.5, 0.6) is 0 Å². The van der Waals surface area contributed by atoms with Crippen LogP contribution in [-0.4, -0.2) is 24.9 Å². The van der Waals surface area contributed by atoms with Crippen LogP contribution in [0, 0.1) is 0 Å². The van der Waals surface area contributed by atoms with Gasteiger partial charge in [-0.05, 0) is 55.0 Å². The Morgan fingerprint density at radius 1 is 1.04 bits per heavy atom. The summed E-state index contributed by atoms with van der Waals surface area (Å²) in [6, 6.07) is 13.6. The van der Waals surface area contributed by atoms with Crippen LogP contribution in [0.25, 0.3) is 10.8 Å². The lowest BCUT2D eigenvalue weighted by Gasteiger charge is -2.14. The summed E-state index contributed by atoms with van der Waals surface area (Å²) in [6.07, 6.45) is 8.40. The fourth-order valence-corrected chi connectivity index (χ4v) is 4.01. The molecule has 1 atom stereocenters. The van der Waals surface area contributed by atoms with Gasteiger partial charge >= 0.3 is 0 Å². The fraction of sp³-hybridized carbons (Fsp3) is 0.476. The second-order valence-electron chi connectivity index (χ2n) is 6.97. The smallest absolute Gasteiger partial charge is 0.118 e. The largest absolute Gasteiger partial charge is 0.396 e. The number of nitrogens with zero attached hydrogens (tertiary/aromatic N) is 1. The molecule has 0 saturated carbocycles. The van der Waals surface area contributed by atoms with Crippen molar-refractivity contribution in [2.75, 3.05) is 13.2 Å². The van der Waals surface area contributed by atoms with Crippen LogP contribution in [0.3, 0.4) is 0 Å². The van der Waals surface area contributed by atoms with E-state index >= 15 is 0 Å². The monoisotopic (exact) mass is 322 g/mol. The zero-order chi connectivity index (χ0) is 16.2. The Kier molecular flexibility index (Phi) is 4.79. The van der Waals surface area contributed by atoms with Crippen molar-refractivity contribution in [2.24, 2.45) is 5.16 Å². The molecule has 0 spiro atoms. The van der Waals surface area contributed by atoms with Gasteiger partial charge in [0.05, 0.1) is 5.71 Å². The van der Waals surface area contributed by atoms with Gasteiger partial charge in [-0.1, -0.05) is 54.4 Å². The molecule has 126 valence electrons. The third-order valence-electron chi connectivity index (χ3n) is 5.36. The minimum Gasteiger partial charge on any atom is -0.396 e. The molecule has 1 N–H and O–H groups in total. The van der Waals surface area contributed by atoms with Crippen LogP contribution >= 0.6 is 0 Å². The molecule has 3 heteroatoms. The van der Waals surface area contributed by atoms with E-state index in [2.05, 4.69) is 46.9 Å². The Bertz CT molecular complexity index is 730. The minimum absolute atomic E-state index is 0.604. The van der Waals surface area contributed by atoms with Gasteiger partial charge in [0.2, 0.25) is 0 Å². The summed E-state index contributed by atoms with van der Waals surface area (Å²) in [7, 11) is 0. The lowest BCUT2D eigenvalue weighted by atomic mass is 10.0. The first-order valence-electron chi connectivity index (χ1n) is 9.35. The third-order valence-corrected chi connectivity index (χ3v) is 5.36. The van der Waals surface area contributed by atoms with Crippen LogP contribution in [-0.2, 0) is 11.3 Å². The van der Waals surface area contributed by atoms with E-state index in [-0.39, 0.29) is 0 Å². The summed E-state index contributed by atoms with van der Waals surface area (Å²) in [4.78, 5) is 5.68. The summed E-state index contributed by atoms with van der Waals surface area (Å²) in [5.74, 6) is 0. The number of hydrogen-bond acceptors (Lipinski definition) is 3. The standard InChI is InChI=1S/C21H26N2O/c1-2-7-17(22-14-5-1)13-15-24-23-21-12-11-19-18-8-4-3-6-16(18)9-10-20(19)21/h3-4,6,8-10,17,22H,1-2,5,7,11-15H2. The van der Waals surface area contributed by atoms with E-state index < -0.39 is 0 Å². The lowest BCUT2D eigenvalue weighted by molar-refractivity contribution is 0.132. The van der Waals surface area contributed by atoms with Crippen molar-refractivity contribution in [1.29, 1.82) is 0 Å². The molecule has 2 aromatic carbocycles. The first kappa shape index (κ1) is 15.6. The molecule has 1 saturated heterocycles. The predicted octanol–water partition coefficient (Wildman–Crippen LogP) is 4.43. The van der Waals surface area contributed by atoms with Crippen LogP contribution in [0.1, 0.15) is 49.7 Å². The highest BCUT2D eigenvalue weighted by molar-refractivity contribution is 6.08. The van der Waals surface area contributed by atoms with E-state index in [4.69, 9.17) is 4.84 Å². The molecule has 0 amide bonds. The Labute approximate surface area is 144 Å². The molecule has 1 aliphatic heterocycles. The molecule has 24 heavy (non-hydrogen) atoms. The summed E-state index contributed by atoms with van der Waals surface area (Å²) >= 11 is 0. The van der Waals surface area contributed by atoms with Gasteiger partial charge in [0.25, 0.3) is 0 Å². The predicted molar refractivity (Wildman–Crippen MR) is 99.6 cm³/mol. The van der Waals surface area contributed by atoms with Gasteiger partial charge in [0.15, 0.2) is 0 Å². The number of benzene rings is 2. The lowest BCUT2D eigenvalue weighted by Crippen LogP contribution is -2.29. The molecular weight excluding hydrogens is 296 g/mol. The third kappa shape index (κ3) is 3.32. The van der Waals surface area contributed by atoms with Crippen molar-refractivity contribution in [1.82, 2.24) is 5.32 Å². The molecule has 1 heterocycles. The topological polar surface area (TPSA) is 33.6 Å². The van der Waals surface area contributed by atoms with E-state index in [0.29, 0.717) is 12.6 Å². The quantitative estimate of drug-likeness (QED) is 0.667. The summed E-state index contributed by atoms with van der Waals surface area (Å²) in [5.41, 5.74) is 3.83. The molecule has 0 aromatic heterocycles. The van der Waals surface area contributed by atoms with Crippen molar-refractivity contribution < 1.29 is 4.84 Å². The molecule has 1 fully saturated rings. The van der Waals surface area contributed by atoms with E-state index in [1.807, 2.05) is 0 Å². The van der Waals surface area contributed by atoms with Crippen molar-refractivity contribution in [3.63, 3.8) is 0 Å². The van der Waals surface area contributed by atoms with E-state index in [1.165, 1.54) is 47.6 Å². The molecule has 2 aliphatic rings. The number of hydrogen-bond donors (Lipinski definition) is 1. The van der Waals surface area contributed by atoms with Gasteiger partial charge < -0.3 is 10.2 Å². The molecule has 3 nitrogen and oxygen atoms in total. The van der Waals surface area contributed by atoms with E-state index in [9.17, 15) is 0 Å². The Morgan fingerprint density at radius 2 is 2.00 bits per heavy atom. The van der Waals surface area contributed by atoms with Gasteiger partial charge in [0.1, 0.15) is 6.61 Å². The van der Waals surface area contributed by atoms with Crippen LogP contribution < -0.4 is 5.32 Å². The maximum atomic E-state index is 5.68.